The van der Waals surface area contributed by atoms with Crippen LogP contribution in [-0.4, -0.2) is 22.6 Å². The molecule has 1 aliphatic carbocycles. The number of hydrogen-bond donors (Lipinski definition) is 2. The number of thiazole rings is 1. The topological polar surface area (TPSA) is 71.1 Å². The first-order chi connectivity index (χ1) is 14.1. The molecule has 4 rings (SSSR count). The summed E-state index contributed by atoms with van der Waals surface area (Å²) in [5.74, 6) is 0.488. The van der Waals surface area contributed by atoms with Gasteiger partial charge in [0.1, 0.15) is 0 Å². The molecule has 1 aromatic heterocycles. The first kappa shape index (κ1) is 19.7. The van der Waals surface area contributed by atoms with Gasteiger partial charge in [-0.05, 0) is 44.0 Å². The van der Waals surface area contributed by atoms with Gasteiger partial charge in [-0.1, -0.05) is 29.8 Å². The molecule has 7 heteroatoms. The van der Waals surface area contributed by atoms with E-state index in [-0.39, 0.29) is 17.7 Å². The third kappa shape index (κ3) is 5.46. The summed E-state index contributed by atoms with van der Waals surface area (Å²) in [4.78, 5) is 29.5. The van der Waals surface area contributed by atoms with E-state index in [0.717, 1.165) is 34.7 Å². The third-order valence-corrected chi connectivity index (χ3v) is 6.31. The smallest absolute Gasteiger partial charge is 0.236 e. The van der Waals surface area contributed by atoms with Crippen molar-refractivity contribution in [3.63, 3.8) is 0 Å². The molecule has 0 aliphatic heterocycles. The number of carbonyl (C=O) groups excluding carboxylic acids is 2. The molecule has 0 bridgehead atoms. The molecule has 0 atom stereocenters. The van der Waals surface area contributed by atoms with Crippen molar-refractivity contribution in [2.75, 3.05) is 16.4 Å². The molecular formula is C22H21N3O2S2. The highest BCUT2D eigenvalue weighted by Crippen LogP contribution is 2.30. The average Bonchev–Trinajstić information content (AvgIpc) is 3.48. The highest BCUT2D eigenvalue weighted by atomic mass is 32.2. The van der Waals surface area contributed by atoms with Crippen LogP contribution < -0.4 is 10.6 Å². The molecule has 1 aliphatic rings. The normalized spacial score (nSPS) is 13.1. The zero-order chi connectivity index (χ0) is 20.2. The van der Waals surface area contributed by atoms with Gasteiger partial charge < -0.3 is 10.6 Å². The first-order valence-electron chi connectivity index (χ1n) is 9.43. The number of carbonyl (C=O) groups is 2. The standard InChI is InChI=1S/C22H21N3O2S2/c1-14-2-4-15(5-3-14)19-12-29-22(24-19)25-20(26)13-28-18-10-8-17(9-11-18)23-21(27)16-6-7-16/h2-5,8-12,16H,6-7,13H2,1H3,(H,23,27)(H,24,25,26). The van der Waals surface area contributed by atoms with E-state index in [2.05, 4.69) is 15.6 Å². The van der Waals surface area contributed by atoms with Gasteiger partial charge in [0.2, 0.25) is 11.8 Å². The van der Waals surface area contributed by atoms with Crippen LogP contribution >= 0.6 is 23.1 Å². The van der Waals surface area contributed by atoms with Crippen molar-refractivity contribution in [1.29, 1.82) is 0 Å². The fourth-order valence-corrected chi connectivity index (χ4v) is 4.15. The summed E-state index contributed by atoms with van der Waals surface area (Å²) in [6.07, 6.45) is 1.97. The monoisotopic (exact) mass is 423 g/mol. The highest BCUT2D eigenvalue weighted by molar-refractivity contribution is 8.00. The molecule has 1 heterocycles. The van der Waals surface area contributed by atoms with Gasteiger partial charge in [-0.25, -0.2) is 4.98 Å². The summed E-state index contributed by atoms with van der Waals surface area (Å²) in [5, 5.41) is 8.32. The van der Waals surface area contributed by atoms with E-state index in [1.54, 1.807) is 0 Å². The van der Waals surface area contributed by atoms with E-state index in [0.29, 0.717) is 10.9 Å². The second kappa shape index (κ2) is 8.80. The van der Waals surface area contributed by atoms with Crippen LogP contribution in [0.5, 0.6) is 0 Å². The van der Waals surface area contributed by atoms with E-state index < -0.39 is 0 Å². The number of aryl methyl sites for hydroxylation is 1. The number of aromatic nitrogens is 1. The summed E-state index contributed by atoms with van der Waals surface area (Å²) in [7, 11) is 0. The van der Waals surface area contributed by atoms with Crippen LogP contribution in [0.1, 0.15) is 18.4 Å². The molecule has 0 saturated heterocycles. The molecule has 2 N–H and O–H groups in total. The maximum atomic E-state index is 12.2. The molecular weight excluding hydrogens is 402 g/mol. The van der Waals surface area contributed by atoms with Crippen LogP contribution in [0, 0.1) is 12.8 Å². The van der Waals surface area contributed by atoms with E-state index in [1.807, 2.05) is 60.8 Å². The van der Waals surface area contributed by atoms with Crippen LogP contribution in [0.4, 0.5) is 10.8 Å². The lowest BCUT2D eigenvalue weighted by molar-refractivity contribution is -0.117. The van der Waals surface area contributed by atoms with Crippen LogP contribution in [0.2, 0.25) is 0 Å². The average molecular weight is 424 g/mol. The zero-order valence-corrected chi connectivity index (χ0v) is 17.6. The summed E-state index contributed by atoms with van der Waals surface area (Å²) in [6.45, 7) is 2.05. The minimum atomic E-state index is -0.0917. The van der Waals surface area contributed by atoms with E-state index in [9.17, 15) is 9.59 Å². The second-order valence-electron chi connectivity index (χ2n) is 7.03. The lowest BCUT2D eigenvalue weighted by Crippen LogP contribution is -2.14. The van der Waals surface area contributed by atoms with Crippen molar-refractivity contribution >= 4 is 45.7 Å². The lowest BCUT2D eigenvalue weighted by atomic mass is 10.1. The molecule has 0 spiro atoms. The quantitative estimate of drug-likeness (QED) is 0.513. The van der Waals surface area contributed by atoms with Gasteiger partial charge in [0.25, 0.3) is 0 Å². The maximum Gasteiger partial charge on any atom is 0.236 e. The van der Waals surface area contributed by atoms with Crippen molar-refractivity contribution in [3.05, 3.63) is 59.5 Å². The van der Waals surface area contributed by atoms with E-state index >= 15 is 0 Å². The summed E-state index contributed by atoms with van der Waals surface area (Å²) in [5.41, 5.74) is 3.90. The van der Waals surface area contributed by atoms with Crippen LogP contribution in [0.3, 0.4) is 0 Å². The predicted octanol–water partition coefficient (Wildman–Crippen LogP) is 5.20. The Labute approximate surface area is 178 Å². The van der Waals surface area contributed by atoms with Crippen molar-refractivity contribution in [1.82, 2.24) is 4.98 Å². The Kier molecular flexibility index (Phi) is 5.97. The number of rotatable bonds is 7. The highest BCUT2D eigenvalue weighted by Gasteiger charge is 2.29. The molecule has 2 aromatic carbocycles. The Bertz CT molecular complexity index is 1010. The van der Waals surface area contributed by atoms with Gasteiger partial charge in [-0.3, -0.25) is 9.59 Å². The molecule has 5 nitrogen and oxygen atoms in total. The Morgan fingerprint density at radius 1 is 1.07 bits per heavy atom. The van der Waals surface area contributed by atoms with Crippen LogP contribution in [-0.2, 0) is 9.59 Å². The Morgan fingerprint density at radius 2 is 1.79 bits per heavy atom. The molecule has 0 unspecified atom stereocenters. The predicted molar refractivity (Wildman–Crippen MR) is 119 cm³/mol. The number of nitrogens with one attached hydrogen (secondary N) is 2. The Balaban J connectivity index is 1.26. The van der Waals surface area contributed by atoms with Gasteiger partial charge in [0, 0.05) is 27.4 Å². The van der Waals surface area contributed by atoms with Gasteiger partial charge >= 0.3 is 0 Å². The molecule has 1 fully saturated rings. The Hall–Kier alpha value is -2.64. The molecule has 2 amide bonds. The largest absolute Gasteiger partial charge is 0.326 e. The van der Waals surface area contributed by atoms with Crippen LogP contribution in [0.25, 0.3) is 11.3 Å². The number of amides is 2. The Morgan fingerprint density at radius 3 is 2.48 bits per heavy atom. The van der Waals surface area contributed by atoms with Gasteiger partial charge in [-0.15, -0.1) is 23.1 Å². The number of benzene rings is 2. The fourth-order valence-electron chi connectivity index (χ4n) is 2.72. The SMILES string of the molecule is Cc1ccc(-c2csc(NC(=O)CSc3ccc(NC(=O)C4CC4)cc3)n2)cc1. The summed E-state index contributed by atoms with van der Waals surface area (Å²) >= 11 is 2.87. The molecule has 3 aromatic rings. The zero-order valence-electron chi connectivity index (χ0n) is 16.0. The van der Waals surface area contributed by atoms with Gasteiger partial charge in [-0.2, -0.15) is 0 Å². The number of anilines is 2. The molecule has 29 heavy (non-hydrogen) atoms. The van der Waals surface area contributed by atoms with Gasteiger partial charge in [0.05, 0.1) is 11.4 Å². The summed E-state index contributed by atoms with van der Waals surface area (Å²) in [6, 6.07) is 15.7. The molecule has 148 valence electrons. The van der Waals surface area contributed by atoms with Crippen molar-refractivity contribution in [2.45, 2.75) is 24.7 Å². The minimum absolute atomic E-state index is 0.0917. The number of hydrogen-bond acceptors (Lipinski definition) is 5. The number of nitrogens with zero attached hydrogens (tertiary/aromatic N) is 1. The van der Waals surface area contributed by atoms with Crippen molar-refractivity contribution in [2.24, 2.45) is 5.92 Å². The number of thioether (sulfide) groups is 1. The maximum absolute atomic E-state index is 12.2. The van der Waals surface area contributed by atoms with E-state index in [1.165, 1.54) is 28.7 Å². The fraction of sp³-hybridized carbons (Fsp3) is 0.227. The van der Waals surface area contributed by atoms with E-state index in [4.69, 9.17) is 0 Å². The third-order valence-electron chi connectivity index (χ3n) is 4.54. The van der Waals surface area contributed by atoms with Crippen LogP contribution in [0.15, 0.2) is 58.8 Å². The summed E-state index contributed by atoms with van der Waals surface area (Å²) < 4.78 is 0. The van der Waals surface area contributed by atoms with Crippen molar-refractivity contribution < 1.29 is 9.59 Å². The first-order valence-corrected chi connectivity index (χ1v) is 11.3. The molecule has 0 radical (unpaired) electrons. The lowest BCUT2D eigenvalue weighted by Gasteiger charge is -2.06. The van der Waals surface area contributed by atoms with Gasteiger partial charge in [0.15, 0.2) is 5.13 Å². The second-order valence-corrected chi connectivity index (χ2v) is 8.94. The van der Waals surface area contributed by atoms with Crippen molar-refractivity contribution in [3.8, 4) is 11.3 Å². The minimum Gasteiger partial charge on any atom is -0.326 e. The molecule has 1 saturated carbocycles.